The fraction of sp³-hybridized carbons (Fsp3) is 0.583. The summed E-state index contributed by atoms with van der Waals surface area (Å²) in [6.45, 7) is 14.5. The Labute approximate surface area is 299 Å². The maximum Gasteiger partial charge on any atom is 0.408 e. The third-order valence-electron chi connectivity index (χ3n) is 9.91. The molecule has 4 amide bonds. The van der Waals surface area contributed by atoms with Crippen molar-refractivity contribution in [2.75, 3.05) is 13.7 Å². The van der Waals surface area contributed by atoms with Crippen molar-refractivity contribution in [1.82, 2.24) is 25.2 Å². The van der Waals surface area contributed by atoms with Crippen molar-refractivity contribution in [3.8, 4) is 11.6 Å². The number of fused-ring (bicyclic) bond motifs is 1. The van der Waals surface area contributed by atoms with Gasteiger partial charge < -0.3 is 29.7 Å². The first-order valence-corrected chi connectivity index (χ1v) is 18.8. The number of hydrogen-bond acceptors (Lipinski definition) is 10. The number of alkyl carbamates (subject to hydrolysis) is 1. The molecule has 2 aliphatic carbocycles. The van der Waals surface area contributed by atoms with Crippen molar-refractivity contribution in [3.05, 3.63) is 43.1 Å². The molecule has 2 aromatic rings. The third-order valence-corrected chi connectivity index (χ3v) is 11.7. The second-order valence-corrected chi connectivity index (χ2v) is 17.3. The van der Waals surface area contributed by atoms with Crippen LogP contribution in [0, 0.1) is 11.3 Å². The number of sulfonamides is 1. The lowest BCUT2D eigenvalue weighted by molar-refractivity contribution is -0.143. The summed E-state index contributed by atoms with van der Waals surface area (Å²) in [5, 5.41) is 6.37. The van der Waals surface area contributed by atoms with Gasteiger partial charge in [0.1, 0.15) is 35.1 Å². The molecule has 3 N–H and O–H groups in total. The number of ether oxygens (including phenoxy) is 3. The third kappa shape index (κ3) is 8.23. The van der Waals surface area contributed by atoms with E-state index in [1.807, 2.05) is 25.1 Å². The van der Waals surface area contributed by atoms with Gasteiger partial charge in [-0.2, -0.15) is 0 Å². The molecule has 2 saturated carbocycles. The zero-order chi connectivity index (χ0) is 37.5. The fourth-order valence-electron chi connectivity index (χ4n) is 6.19. The Morgan fingerprint density at radius 3 is 2.43 bits per heavy atom. The zero-order valence-electron chi connectivity index (χ0n) is 30.3. The molecular formula is C36H49N5O9S. The standard InChI is InChI=1S/C36H49N5O9S/c1-9-22-19-36(22,32(44)40-51(46,47)25-12-13-25)39-29(42)27-18-24(49-30-26-14-11-23(48-8)17-21(26)15-16-37-30)20-41(27)31(43)28(34(3,4)5)38-33(45)50-35(6,7)10-2/h9,11,14-17,22,24-25,27-28H,1,10,12-13,18-20H2,2-8H3,(H,38,45)(H,39,42)(H,40,44)/t22?,24-,27+,28-,36-/m1/s1. The highest BCUT2D eigenvalue weighted by Gasteiger charge is 2.62. The summed E-state index contributed by atoms with van der Waals surface area (Å²) in [5.41, 5.74) is -3.15. The molecule has 5 rings (SSSR count). The van der Waals surface area contributed by atoms with Crippen LogP contribution in [0.25, 0.3) is 10.8 Å². The predicted molar refractivity (Wildman–Crippen MR) is 189 cm³/mol. The Hall–Kier alpha value is -4.40. The molecule has 15 heteroatoms. The van der Waals surface area contributed by atoms with Crippen molar-refractivity contribution in [3.63, 3.8) is 0 Å². The molecule has 278 valence electrons. The summed E-state index contributed by atoms with van der Waals surface area (Å²) in [6.07, 6.45) is 3.21. The molecule has 3 aliphatic rings. The molecule has 1 aromatic heterocycles. The summed E-state index contributed by atoms with van der Waals surface area (Å²) in [4.78, 5) is 61.0. The molecule has 5 atom stereocenters. The number of amides is 4. The number of rotatable bonds is 13. The van der Waals surface area contributed by atoms with E-state index < -0.39 is 79.7 Å². The second-order valence-electron chi connectivity index (χ2n) is 15.3. The first kappa shape index (κ1) is 37.8. The normalized spacial score (nSPS) is 23.9. The molecular weight excluding hydrogens is 678 g/mol. The lowest BCUT2D eigenvalue weighted by atomic mass is 9.85. The number of likely N-dealkylation sites (tertiary alicyclic amines) is 1. The Morgan fingerprint density at radius 1 is 1.14 bits per heavy atom. The van der Waals surface area contributed by atoms with Crippen LogP contribution in [0.4, 0.5) is 4.79 Å². The van der Waals surface area contributed by atoms with Gasteiger partial charge in [-0.25, -0.2) is 18.2 Å². The summed E-state index contributed by atoms with van der Waals surface area (Å²) < 4.78 is 44.8. The lowest BCUT2D eigenvalue weighted by Crippen LogP contribution is -2.60. The van der Waals surface area contributed by atoms with Crippen LogP contribution in [-0.4, -0.2) is 90.3 Å². The van der Waals surface area contributed by atoms with Crippen LogP contribution in [0.15, 0.2) is 43.1 Å². The average Bonchev–Trinajstić information content (AvgIpc) is 3.99. The molecule has 1 aromatic carbocycles. The van der Waals surface area contributed by atoms with Crippen molar-refractivity contribution >= 4 is 44.6 Å². The van der Waals surface area contributed by atoms with Gasteiger partial charge in [-0.15, -0.1) is 6.58 Å². The molecule has 0 spiro atoms. The van der Waals surface area contributed by atoms with Gasteiger partial charge >= 0.3 is 6.09 Å². The zero-order valence-corrected chi connectivity index (χ0v) is 31.1. The van der Waals surface area contributed by atoms with Crippen LogP contribution >= 0.6 is 0 Å². The minimum Gasteiger partial charge on any atom is -0.497 e. The van der Waals surface area contributed by atoms with Crippen molar-refractivity contribution in [2.24, 2.45) is 11.3 Å². The fourth-order valence-corrected chi connectivity index (χ4v) is 7.55. The number of pyridine rings is 1. The van der Waals surface area contributed by atoms with Crippen LogP contribution in [0.2, 0.25) is 0 Å². The van der Waals surface area contributed by atoms with E-state index in [1.54, 1.807) is 54.0 Å². The van der Waals surface area contributed by atoms with E-state index in [4.69, 9.17) is 14.2 Å². The van der Waals surface area contributed by atoms with Crippen LogP contribution < -0.4 is 24.8 Å². The minimum atomic E-state index is -3.90. The van der Waals surface area contributed by atoms with E-state index in [0.29, 0.717) is 36.3 Å². The molecule has 1 aliphatic heterocycles. The van der Waals surface area contributed by atoms with E-state index in [0.717, 1.165) is 5.39 Å². The molecule has 2 heterocycles. The van der Waals surface area contributed by atoms with Gasteiger partial charge in [-0.05, 0) is 74.6 Å². The summed E-state index contributed by atoms with van der Waals surface area (Å²) >= 11 is 0. The molecule has 0 bridgehead atoms. The van der Waals surface area contributed by atoms with Gasteiger partial charge in [-0.1, -0.05) is 33.8 Å². The summed E-state index contributed by atoms with van der Waals surface area (Å²) in [6, 6.07) is 4.96. The van der Waals surface area contributed by atoms with Crippen molar-refractivity contribution < 1.29 is 41.8 Å². The Balaban J connectivity index is 1.44. The molecule has 0 radical (unpaired) electrons. The van der Waals surface area contributed by atoms with Crippen molar-refractivity contribution in [1.29, 1.82) is 0 Å². The Kier molecular flexibility index (Phi) is 10.4. The molecule has 3 fully saturated rings. The summed E-state index contributed by atoms with van der Waals surface area (Å²) in [7, 11) is -2.33. The van der Waals surface area contributed by atoms with Crippen LogP contribution in [-0.2, 0) is 29.1 Å². The highest BCUT2D eigenvalue weighted by atomic mass is 32.2. The predicted octanol–water partition coefficient (Wildman–Crippen LogP) is 3.59. The van der Waals surface area contributed by atoms with Crippen molar-refractivity contribution in [2.45, 2.75) is 108 Å². The minimum absolute atomic E-state index is 0.0206. The average molecular weight is 728 g/mol. The first-order chi connectivity index (χ1) is 23.8. The number of aromatic nitrogens is 1. The summed E-state index contributed by atoms with van der Waals surface area (Å²) in [5.74, 6) is -1.65. The smallest absolute Gasteiger partial charge is 0.408 e. The topological polar surface area (TPSA) is 182 Å². The van der Waals surface area contributed by atoms with Crippen LogP contribution in [0.1, 0.15) is 73.6 Å². The first-order valence-electron chi connectivity index (χ1n) is 17.2. The van der Waals surface area contributed by atoms with E-state index >= 15 is 0 Å². The number of benzene rings is 1. The number of carbonyl (C=O) groups excluding carboxylic acids is 4. The van der Waals surface area contributed by atoms with E-state index in [2.05, 4.69) is 26.9 Å². The Bertz CT molecular complexity index is 1820. The van der Waals surface area contributed by atoms with E-state index in [1.165, 1.54) is 11.0 Å². The largest absolute Gasteiger partial charge is 0.497 e. The number of nitrogens with one attached hydrogen (secondary N) is 3. The van der Waals surface area contributed by atoms with Crippen LogP contribution in [0.5, 0.6) is 11.6 Å². The highest BCUT2D eigenvalue weighted by Crippen LogP contribution is 2.45. The molecule has 1 unspecified atom stereocenters. The van der Waals surface area contributed by atoms with Gasteiger partial charge in [-0.3, -0.25) is 19.1 Å². The van der Waals surface area contributed by atoms with Gasteiger partial charge in [0.2, 0.25) is 27.7 Å². The number of methoxy groups -OCH3 is 1. The molecule has 1 saturated heterocycles. The van der Waals surface area contributed by atoms with Gasteiger partial charge in [0.25, 0.3) is 5.91 Å². The van der Waals surface area contributed by atoms with Gasteiger partial charge in [0, 0.05) is 23.9 Å². The highest BCUT2D eigenvalue weighted by molar-refractivity contribution is 7.91. The number of hydrogen-bond donors (Lipinski definition) is 3. The second kappa shape index (κ2) is 14.0. The molecule has 14 nitrogen and oxygen atoms in total. The number of nitrogens with zero attached hydrogens (tertiary/aromatic N) is 2. The van der Waals surface area contributed by atoms with E-state index in [9.17, 15) is 27.6 Å². The quantitative estimate of drug-likeness (QED) is 0.258. The maximum atomic E-state index is 14.5. The maximum absolute atomic E-state index is 14.5. The lowest BCUT2D eigenvalue weighted by Gasteiger charge is -2.36. The molecule has 51 heavy (non-hydrogen) atoms. The SMILES string of the molecule is C=CC1C[C@]1(NC(=O)[C@@H]1C[C@@H](Oc2nccc3cc(OC)ccc23)CN1C(=O)[C@@H](NC(=O)OC(C)(C)CC)C(C)(C)C)C(=O)NS(=O)(=O)C1CC1. The van der Waals surface area contributed by atoms with Gasteiger partial charge in [0.05, 0.1) is 18.9 Å². The number of carbonyl (C=O) groups is 4. The Morgan fingerprint density at radius 2 is 1.84 bits per heavy atom. The van der Waals surface area contributed by atoms with Crippen LogP contribution in [0.3, 0.4) is 0 Å². The van der Waals surface area contributed by atoms with Gasteiger partial charge in [0.15, 0.2) is 0 Å². The monoisotopic (exact) mass is 727 g/mol. The van der Waals surface area contributed by atoms with E-state index in [-0.39, 0.29) is 19.4 Å².